The molecule has 680 valence electrons. The topological polar surface area (TPSA) is 254 Å². The summed E-state index contributed by atoms with van der Waals surface area (Å²) >= 11 is 0. The molecule has 26 heteroatoms. The van der Waals surface area contributed by atoms with E-state index >= 15 is 0 Å². The second-order valence-electron chi connectivity index (χ2n) is 41.3. The monoisotopic (exact) mass is 1710 g/mol. The number of carbonyl (C=O) groups is 6. The zero-order valence-corrected chi connectivity index (χ0v) is 85.2. The Morgan fingerprint density at radius 2 is 0.719 bits per heavy atom. The molecular weight excluding hydrogens is 1530 g/mol. The van der Waals surface area contributed by atoms with Crippen molar-refractivity contribution in [3.05, 3.63) is 24.3 Å². The summed E-state index contributed by atoms with van der Waals surface area (Å²) in [5, 5.41) is 22.8. The molecule has 2 unspecified atom stereocenters. The molecule has 2 fully saturated rings. The number of nitrogens with one attached hydrogen (secondary N) is 1. The summed E-state index contributed by atoms with van der Waals surface area (Å²) in [6, 6.07) is 1.97. The second kappa shape index (κ2) is 51.1. The molecule has 3 N–H and O–H groups in total. The van der Waals surface area contributed by atoms with E-state index in [4.69, 9.17) is 45.5 Å². The molecule has 0 spiro atoms. The molecule has 2 atom stereocenters. The number of aliphatic hydroxyl groups excluding tert-OH is 2. The Labute approximate surface area is 707 Å². The third kappa shape index (κ3) is 50.3. The number of ether oxygens (including phenoxy) is 7. The quantitative estimate of drug-likeness (QED) is 0.0130. The summed E-state index contributed by atoms with van der Waals surface area (Å²) in [6.45, 7) is 91.9. The highest BCUT2D eigenvalue weighted by atomic mass is 28.5. The number of rotatable bonds is 38. The molecule has 114 heavy (non-hydrogen) atoms. The summed E-state index contributed by atoms with van der Waals surface area (Å²) in [5.74, 6) is -1.34. The van der Waals surface area contributed by atoms with Gasteiger partial charge >= 0.3 is 44.4 Å². The highest BCUT2D eigenvalue weighted by molar-refractivity contribution is 6.87. The number of hydrogen-bond donors (Lipinski definition) is 3. The maximum absolute atomic E-state index is 12.2. The van der Waals surface area contributed by atoms with Crippen molar-refractivity contribution in [1.29, 1.82) is 0 Å². The van der Waals surface area contributed by atoms with Crippen LogP contribution in [0.4, 0.5) is 0 Å². The maximum Gasteiger partial charge on any atom is 0.333 e. The SMILES string of the molecule is C.C.C=C(C)C(=O)OCCNC(O)C(C)(C)CC.C=C(C)C(=O)OCCOC(=O)C(C)(C)CC.CCC(C)(C)C(=O)OC1CC(C)(C)N(C)C(C)(C)C1.CCC(C)(C)C(=O)OC1CC(C)(C)N(C)C(C)(C)C1.CCC(C)(C)C(=O)OCCC[Si](C)(C)O[Si](C)(C)C.CCC(C)(C)C(O)OCCC[Si](C)(O[Si](C)(C)C)O[Si](C)(C)C. The van der Waals surface area contributed by atoms with Gasteiger partial charge < -0.3 is 55.7 Å². The predicted molar refractivity (Wildman–Crippen MR) is 489 cm³/mol. The number of likely N-dealkylation sites (tertiary alicyclic amines) is 2. The number of nitrogens with zero attached hydrogens (tertiary/aromatic N) is 2. The zero-order valence-electron chi connectivity index (χ0n) is 80.2. The number of piperidine rings is 2. The van der Waals surface area contributed by atoms with Crippen LogP contribution in [0, 0.1) is 32.5 Å². The number of aliphatic hydroxyl groups is 2. The van der Waals surface area contributed by atoms with Gasteiger partial charge in [-0.25, -0.2) is 9.59 Å². The van der Waals surface area contributed by atoms with Crippen LogP contribution in [0.2, 0.25) is 90.7 Å². The van der Waals surface area contributed by atoms with Gasteiger partial charge in [0.2, 0.25) is 0 Å². The first kappa shape index (κ1) is 122. The normalized spacial score (nSPS) is 16.9. The Bertz CT molecular complexity index is 2720. The van der Waals surface area contributed by atoms with Gasteiger partial charge in [0.05, 0.1) is 28.3 Å². The fourth-order valence-electron chi connectivity index (χ4n) is 11.6. The number of carbonyl (C=O) groups excluding carboxylic acids is 6. The molecule has 2 aliphatic heterocycles. The van der Waals surface area contributed by atoms with Crippen LogP contribution in [-0.4, -0.2) is 198 Å². The predicted octanol–water partition coefficient (Wildman–Crippen LogP) is 21.4. The van der Waals surface area contributed by atoms with Crippen LogP contribution in [0.25, 0.3) is 0 Å². The van der Waals surface area contributed by atoms with E-state index in [0.717, 1.165) is 82.7 Å². The Hall–Kier alpha value is -2.98. The summed E-state index contributed by atoms with van der Waals surface area (Å²) in [7, 11) is -4.20. The van der Waals surface area contributed by atoms with Crippen molar-refractivity contribution in [1.82, 2.24) is 15.1 Å². The van der Waals surface area contributed by atoms with Gasteiger partial charge in [-0.05, 0) is 281 Å². The van der Waals surface area contributed by atoms with Gasteiger partial charge in [0.15, 0.2) is 39.6 Å². The minimum atomic E-state index is -2.18. The molecule has 2 saturated heterocycles. The maximum atomic E-state index is 12.2. The van der Waals surface area contributed by atoms with Crippen LogP contribution < -0.4 is 5.32 Å². The summed E-state index contributed by atoms with van der Waals surface area (Å²) in [5.41, 5.74) is -1.04. The van der Waals surface area contributed by atoms with Gasteiger partial charge in [-0.3, -0.25) is 34.3 Å². The van der Waals surface area contributed by atoms with Gasteiger partial charge in [-0.2, -0.15) is 0 Å². The molecule has 2 heterocycles. The number of esters is 6. The summed E-state index contributed by atoms with van der Waals surface area (Å²) < 4.78 is 56.5. The molecule has 0 aromatic rings. The van der Waals surface area contributed by atoms with E-state index < -0.39 is 71.7 Å². The molecule has 0 aromatic carbocycles. The van der Waals surface area contributed by atoms with Crippen LogP contribution in [0.3, 0.4) is 0 Å². The third-order valence-corrected chi connectivity index (χ3v) is 37.7. The van der Waals surface area contributed by atoms with Crippen molar-refractivity contribution in [2.75, 3.05) is 53.7 Å². The van der Waals surface area contributed by atoms with Crippen molar-refractivity contribution in [2.45, 2.75) is 423 Å². The summed E-state index contributed by atoms with van der Waals surface area (Å²) in [6.07, 6.45) is 9.03. The summed E-state index contributed by atoms with van der Waals surface area (Å²) in [4.78, 5) is 74.6. The minimum absolute atomic E-state index is 0. The molecule has 0 saturated carbocycles. The highest BCUT2D eigenvalue weighted by Crippen LogP contribution is 2.41. The molecule has 0 radical (unpaired) electrons. The van der Waals surface area contributed by atoms with E-state index in [1.165, 1.54) is 0 Å². The minimum Gasteiger partial charge on any atom is -0.465 e. The average molecular weight is 1710 g/mol. The van der Waals surface area contributed by atoms with Gasteiger partial charge in [0.1, 0.15) is 38.3 Å². The highest BCUT2D eigenvalue weighted by Gasteiger charge is 2.48. The molecule has 2 rings (SSSR count). The van der Waals surface area contributed by atoms with Crippen molar-refractivity contribution in [3.8, 4) is 0 Å². The lowest BCUT2D eigenvalue weighted by molar-refractivity contribution is -0.170. The van der Waals surface area contributed by atoms with Crippen LogP contribution in [0.5, 0.6) is 0 Å². The van der Waals surface area contributed by atoms with Crippen molar-refractivity contribution < 1.29 is 84.5 Å². The Morgan fingerprint density at radius 1 is 0.430 bits per heavy atom. The Morgan fingerprint density at radius 3 is 1.02 bits per heavy atom. The molecule has 21 nitrogen and oxygen atoms in total. The van der Waals surface area contributed by atoms with E-state index in [2.05, 4.69) is 183 Å². The molecule has 0 aliphatic carbocycles. The van der Waals surface area contributed by atoms with E-state index in [1.807, 2.05) is 118 Å². The standard InChI is InChI=1S/2C16H31NO2.C16H40O4Si3.C14H32O3Si2.C12H23NO3.C12H20O4.2CH4/c2*1-9-14(2,3)13(18)19-12-10-15(4,5)17(8)16(6,7)11-12;1-11-16(2,3)15(17)18-13-12-14-23(10,19-21(4,5)6)20-22(7,8)9;1-9-14(2,3)13(15)16-11-10-12-19(7,8)17-18(4,5)6;1-6-12(4,5)11(15)13-7-8-16-10(14)9(2)3;1-6-12(4,5)11(14)16-8-7-15-10(13)9(2)3;;/h2*12H,9-11H2,1-8H3;15,17H,11-14H2,1-10H3;9-12H2,1-8H3;11,13,15H,2,6-8H2,1,3-5H3;2,6-8H2,1,3-5H3;2*1H4. The molecular formula is C88H185N3O18Si5. The van der Waals surface area contributed by atoms with Crippen molar-refractivity contribution in [3.63, 3.8) is 0 Å². The van der Waals surface area contributed by atoms with Crippen molar-refractivity contribution in [2.24, 2.45) is 32.5 Å². The van der Waals surface area contributed by atoms with Gasteiger partial charge in [0, 0.05) is 83.0 Å². The van der Waals surface area contributed by atoms with Gasteiger partial charge in [0.25, 0.3) is 0 Å². The average Bonchev–Trinajstić information content (AvgIpc) is 0.780. The second-order valence-corrected chi connectivity index (χ2v) is 63.2. The van der Waals surface area contributed by atoms with Crippen LogP contribution in [0.1, 0.15) is 286 Å². The van der Waals surface area contributed by atoms with Gasteiger partial charge in [-0.1, -0.05) is 97.2 Å². The molecule has 0 aromatic heterocycles. The lowest BCUT2D eigenvalue weighted by Gasteiger charge is -2.53. The molecule has 0 amide bonds. The first-order valence-electron chi connectivity index (χ1n) is 41.7. The van der Waals surface area contributed by atoms with Crippen LogP contribution >= 0.6 is 0 Å². The lowest BCUT2D eigenvalue weighted by atomic mass is 9.78. The van der Waals surface area contributed by atoms with E-state index in [0.29, 0.717) is 37.3 Å². The fourth-order valence-corrected chi connectivity index (χ4v) is 32.1. The zero-order chi connectivity index (χ0) is 89.5. The van der Waals surface area contributed by atoms with E-state index in [-0.39, 0.29) is 120 Å². The molecule has 2 aliphatic rings. The van der Waals surface area contributed by atoms with Crippen LogP contribution in [0.15, 0.2) is 24.3 Å². The lowest BCUT2D eigenvalue weighted by Crippen LogP contribution is -2.60. The fraction of sp³-hybridized carbons (Fsp3) is 0.886. The van der Waals surface area contributed by atoms with E-state index in [9.17, 15) is 39.0 Å². The van der Waals surface area contributed by atoms with E-state index in [1.54, 1.807) is 13.8 Å². The largest absolute Gasteiger partial charge is 0.465 e. The Kier molecular flexibility index (Phi) is 54.6. The first-order chi connectivity index (χ1) is 50.0. The van der Waals surface area contributed by atoms with Crippen LogP contribution in [-0.2, 0) is 74.3 Å². The van der Waals surface area contributed by atoms with Crippen molar-refractivity contribution >= 4 is 77.6 Å². The Balaban J connectivity index is -0.000000307. The number of hydrogen-bond acceptors (Lipinski definition) is 21. The first-order valence-corrected chi connectivity index (χ1v) is 57.5. The third-order valence-electron chi connectivity index (χ3n) is 21.8. The van der Waals surface area contributed by atoms with Gasteiger partial charge in [-0.15, -0.1) is 0 Å². The molecule has 0 bridgehead atoms. The smallest absolute Gasteiger partial charge is 0.333 e.